The molecule has 1 atom stereocenters. The lowest BCUT2D eigenvalue weighted by atomic mass is 10.1. The van der Waals surface area contributed by atoms with E-state index in [9.17, 15) is 4.79 Å². The first kappa shape index (κ1) is 12.6. The van der Waals surface area contributed by atoms with Crippen LogP contribution in [0.15, 0.2) is 23.7 Å². The van der Waals surface area contributed by atoms with Crippen molar-refractivity contribution in [1.82, 2.24) is 15.6 Å². The highest BCUT2D eigenvalue weighted by molar-refractivity contribution is 7.17. The maximum Gasteiger partial charge on any atom is 0.234 e. The summed E-state index contributed by atoms with van der Waals surface area (Å²) in [6.45, 7) is 2.42. The number of nitrogens with one attached hydrogen (secondary N) is 2. The van der Waals surface area contributed by atoms with E-state index in [4.69, 9.17) is 0 Å². The zero-order chi connectivity index (χ0) is 13.2. The predicted octanol–water partition coefficient (Wildman–Crippen LogP) is 2.23. The molecule has 5 heteroatoms. The van der Waals surface area contributed by atoms with E-state index in [1.165, 1.54) is 4.70 Å². The number of nitrogens with zero attached hydrogens (tertiary/aromatic N) is 1. The SMILES string of the molecule is CC(NCC(=O)NC1CC1)c1cnc2ccsc2c1. The van der Waals surface area contributed by atoms with Crippen molar-refractivity contribution in [3.8, 4) is 0 Å². The molecule has 1 amide bonds. The number of carbonyl (C=O) groups is 1. The van der Waals surface area contributed by atoms with E-state index < -0.39 is 0 Å². The second-order valence-corrected chi connectivity index (χ2v) is 5.96. The van der Waals surface area contributed by atoms with Crippen LogP contribution in [0.3, 0.4) is 0 Å². The minimum Gasteiger partial charge on any atom is -0.352 e. The first-order valence-corrected chi connectivity index (χ1v) is 7.46. The van der Waals surface area contributed by atoms with Crippen LogP contribution in [0.25, 0.3) is 10.2 Å². The Bertz CT molecular complexity index is 591. The summed E-state index contributed by atoms with van der Waals surface area (Å²) in [7, 11) is 0. The number of thiophene rings is 1. The molecular formula is C14H17N3OS. The van der Waals surface area contributed by atoms with Crippen LogP contribution in [0.4, 0.5) is 0 Å². The first-order valence-electron chi connectivity index (χ1n) is 6.58. The number of aromatic nitrogens is 1. The average molecular weight is 275 g/mol. The smallest absolute Gasteiger partial charge is 0.234 e. The predicted molar refractivity (Wildman–Crippen MR) is 77.2 cm³/mol. The Kier molecular flexibility index (Phi) is 3.48. The van der Waals surface area contributed by atoms with E-state index in [1.807, 2.05) is 17.6 Å². The zero-order valence-corrected chi connectivity index (χ0v) is 11.7. The molecule has 1 fully saturated rings. The van der Waals surface area contributed by atoms with Gasteiger partial charge >= 0.3 is 0 Å². The Morgan fingerprint density at radius 2 is 2.42 bits per heavy atom. The maximum absolute atomic E-state index is 11.6. The molecule has 100 valence electrons. The summed E-state index contributed by atoms with van der Waals surface area (Å²) in [4.78, 5) is 16.0. The van der Waals surface area contributed by atoms with Crippen molar-refractivity contribution in [3.05, 3.63) is 29.3 Å². The third kappa shape index (κ3) is 3.11. The number of fused-ring (bicyclic) bond motifs is 1. The van der Waals surface area contributed by atoms with Crippen LogP contribution in [-0.2, 0) is 4.79 Å². The number of pyridine rings is 1. The fourth-order valence-electron chi connectivity index (χ4n) is 1.97. The van der Waals surface area contributed by atoms with Crippen LogP contribution < -0.4 is 10.6 Å². The highest BCUT2D eigenvalue weighted by atomic mass is 32.1. The Morgan fingerprint density at radius 3 is 3.21 bits per heavy atom. The number of rotatable bonds is 5. The second kappa shape index (κ2) is 5.27. The summed E-state index contributed by atoms with van der Waals surface area (Å²) in [6, 6.07) is 4.71. The van der Waals surface area contributed by atoms with Crippen molar-refractivity contribution in [2.75, 3.05) is 6.54 Å². The lowest BCUT2D eigenvalue weighted by molar-refractivity contribution is -0.120. The van der Waals surface area contributed by atoms with Gasteiger partial charge in [-0.25, -0.2) is 0 Å². The fraction of sp³-hybridized carbons (Fsp3) is 0.429. The average Bonchev–Trinajstić information content (AvgIpc) is 3.09. The van der Waals surface area contributed by atoms with Gasteiger partial charge in [-0.2, -0.15) is 0 Å². The minimum atomic E-state index is 0.0829. The van der Waals surface area contributed by atoms with Crippen molar-refractivity contribution in [1.29, 1.82) is 0 Å². The van der Waals surface area contributed by atoms with Gasteiger partial charge in [0.25, 0.3) is 0 Å². The lowest BCUT2D eigenvalue weighted by Crippen LogP contribution is -2.36. The van der Waals surface area contributed by atoms with Crippen molar-refractivity contribution in [3.63, 3.8) is 0 Å². The number of hydrogen-bond acceptors (Lipinski definition) is 4. The maximum atomic E-state index is 11.6. The molecule has 0 saturated heterocycles. The monoisotopic (exact) mass is 275 g/mol. The highest BCUT2D eigenvalue weighted by Gasteiger charge is 2.23. The van der Waals surface area contributed by atoms with Gasteiger partial charge in [0.1, 0.15) is 0 Å². The molecule has 1 saturated carbocycles. The molecular weight excluding hydrogens is 258 g/mol. The van der Waals surface area contributed by atoms with Gasteiger partial charge in [0.2, 0.25) is 5.91 Å². The third-order valence-electron chi connectivity index (χ3n) is 3.34. The number of carbonyl (C=O) groups excluding carboxylic acids is 1. The van der Waals surface area contributed by atoms with Gasteiger partial charge in [0.05, 0.1) is 16.8 Å². The molecule has 0 bridgehead atoms. The van der Waals surface area contributed by atoms with Crippen molar-refractivity contribution in [2.45, 2.75) is 31.8 Å². The summed E-state index contributed by atoms with van der Waals surface area (Å²) in [5.41, 5.74) is 2.15. The van der Waals surface area contributed by atoms with Gasteiger partial charge in [-0.1, -0.05) is 0 Å². The molecule has 2 heterocycles. The Balaban J connectivity index is 1.59. The van der Waals surface area contributed by atoms with E-state index in [-0.39, 0.29) is 11.9 Å². The summed E-state index contributed by atoms with van der Waals surface area (Å²) in [5, 5.41) is 8.26. The summed E-state index contributed by atoms with van der Waals surface area (Å²) >= 11 is 1.69. The summed E-state index contributed by atoms with van der Waals surface area (Å²) in [6.07, 6.45) is 4.13. The van der Waals surface area contributed by atoms with Gasteiger partial charge in [-0.15, -0.1) is 11.3 Å². The molecule has 0 aromatic carbocycles. The fourth-order valence-corrected chi connectivity index (χ4v) is 2.76. The van der Waals surface area contributed by atoms with Crippen LogP contribution >= 0.6 is 11.3 Å². The van der Waals surface area contributed by atoms with E-state index in [1.54, 1.807) is 11.3 Å². The van der Waals surface area contributed by atoms with Gasteiger partial charge < -0.3 is 10.6 Å². The van der Waals surface area contributed by atoms with E-state index >= 15 is 0 Å². The van der Waals surface area contributed by atoms with Gasteiger partial charge in [0, 0.05) is 18.3 Å². The summed E-state index contributed by atoms with van der Waals surface area (Å²) < 4.78 is 1.19. The van der Waals surface area contributed by atoms with E-state index in [0.717, 1.165) is 23.9 Å². The first-order chi connectivity index (χ1) is 9.22. The van der Waals surface area contributed by atoms with Gasteiger partial charge in [0.15, 0.2) is 0 Å². The molecule has 0 aliphatic heterocycles. The quantitative estimate of drug-likeness (QED) is 0.880. The van der Waals surface area contributed by atoms with Crippen LogP contribution in [-0.4, -0.2) is 23.5 Å². The molecule has 1 aliphatic rings. The highest BCUT2D eigenvalue weighted by Crippen LogP contribution is 2.22. The third-order valence-corrected chi connectivity index (χ3v) is 4.19. The molecule has 1 unspecified atom stereocenters. The summed E-state index contributed by atoms with van der Waals surface area (Å²) in [5.74, 6) is 0.0829. The van der Waals surface area contributed by atoms with Crippen molar-refractivity contribution >= 4 is 27.5 Å². The largest absolute Gasteiger partial charge is 0.352 e. The van der Waals surface area contributed by atoms with E-state index in [0.29, 0.717) is 12.6 Å². The molecule has 0 radical (unpaired) electrons. The number of hydrogen-bond donors (Lipinski definition) is 2. The molecule has 2 aromatic heterocycles. The van der Waals surface area contributed by atoms with Crippen molar-refractivity contribution < 1.29 is 4.79 Å². The van der Waals surface area contributed by atoms with Crippen molar-refractivity contribution in [2.24, 2.45) is 0 Å². The molecule has 3 rings (SSSR count). The Hall–Kier alpha value is -1.46. The molecule has 4 nitrogen and oxygen atoms in total. The standard InChI is InChI=1S/C14H17N3OS/c1-9(15-8-14(18)17-11-2-3-11)10-6-13-12(16-7-10)4-5-19-13/h4-7,9,11,15H,2-3,8H2,1H3,(H,17,18). The number of amides is 1. The second-order valence-electron chi connectivity index (χ2n) is 5.02. The van der Waals surface area contributed by atoms with Crippen LogP contribution in [0.5, 0.6) is 0 Å². The van der Waals surface area contributed by atoms with Gasteiger partial charge in [-0.05, 0) is 42.8 Å². The van der Waals surface area contributed by atoms with Crippen LogP contribution in [0.1, 0.15) is 31.4 Å². The molecule has 1 aliphatic carbocycles. The molecule has 19 heavy (non-hydrogen) atoms. The molecule has 2 aromatic rings. The van der Waals surface area contributed by atoms with E-state index in [2.05, 4.69) is 28.6 Å². The molecule has 0 spiro atoms. The Morgan fingerprint density at radius 1 is 1.58 bits per heavy atom. The molecule has 2 N–H and O–H groups in total. The lowest BCUT2D eigenvalue weighted by Gasteiger charge is -2.13. The van der Waals surface area contributed by atoms with Gasteiger partial charge in [-0.3, -0.25) is 9.78 Å². The normalized spacial score (nSPS) is 16.5. The minimum absolute atomic E-state index is 0.0829. The topological polar surface area (TPSA) is 54.0 Å². The van der Waals surface area contributed by atoms with Crippen LogP contribution in [0.2, 0.25) is 0 Å². The van der Waals surface area contributed by atoms with Crippen LogP contribution in [0, 0.1) is 0 Å². The Labute approximate surface area is 116 Å². The zero-order valence-electron chi connectivity index (χ0n) is 10.8.